The largest absolute Gasteiger partial charge is 0.506 e. The Morgan fingerprint density at radius 3 is 2.23 bits per heavy atom. The summed E-state index contributed by atoms with van der Waals surface area (Å²) in [5.41, 5.74) is 0.313. The summed E-state index contributed by atoms with van der Waals surface area (Å²) in [6.45, 7) is 0. The monoisotopic (exact) mass is 436 g/mol. The number of aliphatic hydroxyl groups excluding tert-OH is 1. The number of Topliss-reactive ketones (excluding diaryl/α,β-unsaturated/α-hetero) is 1. The van der Waals surface area contributed by atoms with E-state index in [1.807, 2.05) is 0 Å². The van der Waals surface area contributed by atoms with E-state index >= 15 is 0 Å². The highest BCUT2D eigenvalue weighted by atomic mass is 35.5. The minimum absolute atomic E-state index is 0.175. The molecule has 0 aromatic heterocycles. The van der Waals surface area contributed by atoms with Crippen LogP contribution < -0.4 is 4.90 Å². The Morgan fingerprint density at radius 1 is 0.968 bits per heavy atom. The third-order valence-electron chi connectivity index (χ3n) is 5.75. The molecule has 1 fully saturated rings. The highest BCUT2D eigenvalue weighted by Crippen LogP contribution is 2.44. The number of aliphatic imine (C=N–C) groups is 1. The number of aliphatic carboxylic acids is 1. The van der Waals surface area contributed by atoms with Crippen LogP contribution in [0.15, 0.2) is 59.1 Å². The molecule has 2 aromatic carbocycles. The summed E-state index contributed by atoms with van der Waals surface area (Å²) in [4.78, 5) is 56.2. The molecule has 9 heteroatoms. The third-order valence-corrected chi connectivity index (χ3v) is 6.00. The number of halogens is 1. The number of allylic oxidation sites excluding steroid dienone is 1. The predicted molar refractivity (Wildman–Crippen MR) is 110 cm³/mol. The van der Waals surface area contributed by atoms with E-state index in [0.717, 1.165) is 4.90 Å². The normalized spacial score (nSPS) is 24.5. The molecule has 2 amide bonds. The van der Waals surface area contributed by atoms with Crippen LogP contribution in [0, 0.1) is 11.8 Å². The van der Waals surface area contributed by atoms with E-state index in [-0.39, 0.29) is 33.9 Å². The Bertz CT molecular complexity index is 1260. The van der Waals surface area contributed by atoms with Gasteiger partial charge in [0.1, 0.15) is 5.76 Å². The van der Waals surface area contributed by atoms with Crippen molar-refractivity contribution in [1.29, 1.82) is 0 Å². The minimum Gasteiger partial charge on any atom is -0.506 e. The van der Waals surface area contributed by atoms with E-state index in [2.05, 4.69) is 4.99 Å². The smallest absolute Gasteiger partial charge is 0.329 e. The van der Waals surface area contributed by atoms with Crippen molar-refractivity contribution in [3.05, 3.63) is 70.3 Å². The summed E-state index contributed by atoms with van der Waals surface area (Å²) < 4.78 is 0. The van der Waals surface area contributed by atoms with Crippen LogP contribution in [-0.4, -0.2) is 45.5 Å². The maximum absolute atomic E-state index is 13.3. The van der Waals surface area contributed by atoms with Gasteiger partial charge in [-0.3, -0.25) is 19.4 Å². The molecule has 2 N–H and O–H groups in total. The summed E-state index contributed by atoms with van der Waals surface area (Å²) in [5, 5.41) is 20.7. The van der Waals surface area contributed by atoms with Crippen molar-refractivity contribution in [2.24, 2.45) is 16.8 Å². The number of hydrogen-bond donors (Lipinski definition) is 2. The molecule has 3 aliphatic rings. The van der Waals surface area contributed by atoms with Gasteiger partial charge in [0.05, 0.1) is 28.8 Å². The van der Waals surface area contributed by atoms with Gasteiger partial charge in [-0.25, -0.2) is 9.69 Å². The molecule has 154 valence electrons. The lowest BCUT2D eigenvalue weighted by atomic mass is 9.85. The number of imide groups is 1. The Kier molecular flexibility index (Phi) is 4.10. The maximum atomic E-state index is 13.3. The lowest BCUT2D eigenvalue weighted by Crippen LogP contribution is -2.35. The Balaban J connectivity index is 1.63. The van der Waals surface area contributed by atoms with Gasteiger partial charge < -0.3 is 10.2 Å². The van der Waals surface area contributed by atoms with Crippen molar-refractivity contribution >= 4 is 52.3 Å². The van der Waals surface area contributed by atoms with Gasteiger partial charge in [-0.05, 0) is 24.3 Å². The Morgan fingerprint density at radius 2 is 1.61 bits per heavy atom. The molecule has 1 saturated heterocycles. The number of carbonyl (C=O) groups is 4. The summed E-state index contributed by atoms with van der Waals surface area (Å²) in [6.07, 6.45) is 0. The number of benzene rings is 2. The molecule has 5 rings (SSSR count). The maximum Gasteiger partial charge on any atom is 0.329 e. The number of amides is 2. The van der Waals surface area contributed by atoms with Crippen molar-refractivity contribution < 1.29 is 29.4 Å². The standard InChI is InChI=1S/C22H13ClN2O6/c23-9-5-7-10(8-6-9)25-20(28)13-14(21(25)29)17(22(30)31)24-16(13)15-18(26)11-3-1-2-4-12(11)19(15)27/h1-8,13-14,17,26H,(H,30,31)/t13-,14+,17+/m0/s1. The molecule has 2 aliphatic heterocycles. The lowest BCUT2D eigenvalue weighted by Gasteiger charge is -2.17. The van der Waals surface area contributed by atoms with Gasteiger partial charge in [0.2, 0.25) is 11.8 Å². The number of carboxylic acids is 1. The number of nitrogens with zero attached hydrogens (tertiary/aromatic N) is 2. The second-order valence-electron chi connectivity index (χ2n) is 7.39. The zero-order chi connectivity index (χ0) is 22.0. The summed E-state index contributed by atoms with van der Waals surface area (Å²) >= 11 is 5.88. The Hall–Kier alpha value is -3.78. The number of carbonyl (C=O) groups excluding carboxylic acids is 3. The topological polar surface area (TPSA) is 124 Å². The number of anilines is 1. The van der Waals surface area contributed by atoms with Crippen LogP contribution in [0.25, 0.3) is 5.76 Å². The zero-order valence-electron chi connectivity index (χ0n) is 15.7. The van der Waals surface area contributed by atoms with Crippen molar-refractivity contribution in [1.82, 2.24) is 0 Å². The first-order valence-corrected chi connectivity index (χ1v) is 9.70. The van der Waals surface area contributed by atoms with Crippen LogP contribution in [-0.2, 0) is 14.4 Å². The second kappa shape index (κ2) is 6.61. The first-order valence-electron chi connectivity index (χ1n) is 9.33. The number of hydrogen-bond acceptors (Lipinski definition) is 6. The zero-order valence-corrected chi connectivity index (χ0v) is 16.4. The lowest BCUT2D eigenvalue weighted by molar-refractivity contribution is -0.141. The molecular formula is C22H13ClN2O6. The highest BCUT2D eigenvalue weighted by molar-refractivity contribution is 6.43. The number of aliphatic hydroxyl groups is 1. The molecule has 0 bridgehead atoms. The molecule has 2 aromatic rings. The fourth-order valence-corrected chi connectivity index (χ4v) is 4.51. The van der Waals surface area contributed by atoms with E-state index in [1.54, 1.807) is 18.2 Å². The third kappa shape index (κ3) is 2.58. The molecule has 8 nitrogen and oxygen atoms in total. The fraction of sp³-hybridized carbons (Fsp3) is 0.136. The van der Waals surface area contributed by atoms with Crippen molar-refractivity contribution in [3.8, 4) is 0 Å². The number of ketones is 1. The number of carboxylic acid groups (broad SMARTS) is 1. The van der Waals surface area contributed by atoms with Gasteiger partial charge in [-0.15, -0.1) is 0 Å². The molecule has 0 spiro atoms. The first kappa shape index (κ1) is 19.2. The van der Waals surface area contributed by atoms with Crippen molar-refractivity contribution in [3.63, 3.8) is 0 Å². The summed E-state index contributed by atoms with van der Waals surface area (Å²) in [6, 6.07) is 10.7. The number of rotatable bonds is 3. The quantitative estimate of drug-likeness (QED) is 0.712. The van der Waals surface area contributed by atoms with Crippen LogP contribution in [0.3, 0.4) is 0 Å². The van der Waals surface area contributed by atoms with Gasteiger partial charge in [0.15, 0.2) is 11.8 Å². The van der Waals surface area contributed by atoms with E-state index in [1.165, 1.54) is 30.3 Å². The van der Waals surface area contributed by atoms with Crippen molar-refractivity contribution in [2.75, 3.05) is 4.90 Å². The second-order valence-corrected chi connectivity index (χ2v) is 7.82. The van der Waals surface area contributed by atoms with E-state index in [4.69, 9.17) is 11.6 Å². The summed E-state index contributed by atoms with van der Waals surface area (Å²) in [7, 11) is 0. The predicted octanol–water partition coefficient (Wildman–Crippen LogP) is 2.52. The van der Waals surface area contributed by atoms with Gasteiger partial charge in [0.25, 0.3) is 0 Å². The molecule has 1 aliphatic carbocycles. The van der Waals surface area contributed by atoms with Gasteiger partial charge >= 0.3 is 5.97 Å². The van der Waals surface area contributed by atoms with Crippen molar-refractivity contribution in [2.45, 2.75) is 6.04 Å². The van der Waals surface area contributed by atoms with E-state index in [0.29, 0.717) is 5.02 Å². The van der Waals surface area contributed by atoms with Crippen LogP contribution in [0.5, 0.6) is 0 Å². The molecule has 0 unspecified atom stereocenters. The minimum atomic E-state index is -1.55. The van der Waals surface area contributed by atoms with E-state index < -0.39 is 41.4 Å². The molecule has 0 radical (unpaired) electrons. The SMILES string of the molecule is O=C1C(C2=N[C@@H](C(=O)O)[C@@H]3C(=O)N(c4ccc(Cl)cc4)C(=O)[C@H]23)=C(O)c2ccccc21. The molecule has 3 atom stereocenters. The molecular weight excluding hydrogens is 424 g/mol. The molecule has 2 heterocycles. The van der Waals surface area contributed by atoms with E-state index in [9.17, 15) is 29.4 Å². The van der Waals surface area contributed by atoms with Gasteiger partial charge in [-0.2, -0.15) is 0 Å². The van der Waals surface area contributed by atoms with Crippen LogP contribution in [0.1, 0.15) is 15.9 Å². The average molecular weight is 437 g/mol. The molecule has 0 saturated carbocycles. The van der Waals surface area contributed by atoms with Crippen LogP contribution in [0.4, 0.5) is 5.69 Å². The van der Waals surface area contributed by atoms with Gasteiger partial charge in [0, 0.05) is 16.1 Å². The Labute approximate surface area is 180 Å². The summed E-state index contributed by atoms with van der Waals surface area (Å²) in [5.74, 6) is -6.38. The fourth-order valence-electron chi connectivity index (χ4n) is 4.38. The highest BCUT2D eigenvalue weighted by Gasteiger charge is 2.60. The first-order chi connectivity index (χ1) is 14.8. The van der Waals surface area contributed by atoms with Gasteiger partial charge in [-0.1, -0.05) is 35.9 Å². The average Bonchev–Trinajstić information content (AvgIpc) is 3.34. The van der Waals surface area contributed by atoms with Crippen LogP contribution in [0.2, 0.25) is 5.02 Å². The molecule has 31 heavy (non-hydrogen) atoms. The van der Waals surface area contributed by atoms with Crippen LogP contribution >= 0.6 is 11.6 Å². The number of fused-ring (bicyclic) bond motifs is 2.